The van der Waals surface area contributed by atoms with E-state index in [9.17, 15) is 0 Å². The summed E-state index contributed by atoms with van der Waals surface area (Å²) in [6.07, 6.45) is -1.33. The fourth-order valence-electron chi connectivity index (χ4n) is 1.66. The maximum atomic E-state index is 7.79. The predicted molar refractivity (Wildman–Crippen MR) is 75.1 cm³/mol. The van der Waals surface area contributed by atoms with Gasteiger partial charge in [0, 0.05) is 20.5 Å². The van der Waals surface area contributed by atoms with Gasteiger partial charge in [-0.15, -0.1) is 36.2 Å². The zero-order chi connectivity index (χ0) is 16.1. The van der Waals surface area contributed by atoms with Crippen LogP contribution in [0.15, 0.2) is 0 Å². The van der Waals surface area contributed by atoms with E-state index in [1.807, 2.05) is 0 Å². The van der Waals surface area contributed by atoms with Crippen molar-refractivity contribution < 1.29 is 9.60 Å². The summed E-state index contributed by atoms with van der Waals surface area (Å²) >= 11 is 1.33. The predicted octanol–water partition coefficient (Wildman–Crippen LogP) is 2.43. The maximum absolute atomic E-state index is 7.79. The molecule has 1 aromatic heterocycles. The van der Waals surface area contributed by atoms with Crippen LogP contribution in [-0.2, 0) is 12.8 Å². The van der Waals surface area contributed by atoms with Crippen LogP contribution in [-0.4, -0.2) is 17.5 Å². The Morgan fingerprint density at radius 2 is 2.50 bits per heavy atom. The Kier molecular flexibility index (Phi) is 3.39. The van der Waals surface area contributed by atoms with Crippen LogP contribution < -0.4 is 11.1 Å². The Hall–Kier alpha value is -0.0300. The van der Waals surface area contributed by atoms with Crippen LogP contribution in [0.2, 0.25) is 0 Å². The topological polar surface area (TPSA) is 50.9 Å². The minimum absolute atomic E-state index is 0. The minimum Gasteiger partial charge on any atom is -0.375 e. The highest BCUT2D eigenvalue weighted by molar-refractivity contribution is 7.15. The van der Waals surface area contributed by atoms with Gasteiger partial charge in [0.1, 0.15) is 0 Å². The largest absolute Gasteiger partial charge is 0.375 e. The molecule has 0 unspecified atom stereocenters. The van der Waals surface area contributed by atoms with E-state index < -0.39 is 19.7 Å². The molecule has 1 heterocycles. The average molecular weight is 291 g/mol. The van der Waals surface area contributed by atoms with Crippen LogP contribution >= 0.6 is 36.2 Å². The molecule has 3 N–H and O–H groups in total. The maximum Gasteiger partial charge on any atom is 0.180 e. The van der Waals surface area contributed by atoms with Gasteiger partial charge in [-0.3, -0.25) is 0 Å². The summed E-state index contributed by atoms with van der Waals surface area (Å²) in [5, 5.41) is 2.99. The number of anilines is 1. The van der Waals surface area contributed by atoms with E-state index in [2.05, 4.69) is 10.3 Å². The van der Waals surface area contributed by atoms with Gasteiger partial charge in [-0.05, 0) is 32.1 Å². The van der Waals surface area contributed by atoms with Crippen LogP contribution in [0.4, 0.5) is 5.13 Å². The van der Waals surface area contributed by atoms with Gasteiger partial charge < -0.3 is 11.1 Å². The van der Waals surface area contributed by atoms with Crippen molar-refractivity contribution in [3.05, 3.63) is 10.6 Å². The molecule has 0 aliphatic heterocycles. The number of aryl methyl sites for hydroxylation is 1. The molecule has 94 valence electrons. The Labute approximate surface area is 123 Å². The van der Waals surface area contributed by atoms with Gasteiger partial charge in [-0.25, -0.2) is 4.98 Å². The molecular weight excluding hydrogens is 265 g/mol. The lowest BCUT2D eigenvalue weighted by Gasteiger charge is -2.21. The van der Waals surface area contributed by atoms with Crippen molar-refractivity contribution in [3.63, 3.8) is 0 Å². The normalized spacial score (nSPS) is 27.2. The number of fused-ring (bicyclic) bond motifs is 1. The molecule has 2 rings (SSSR count). The molecule has 0 aromatic carbocycles. The van der Waals surface area contributed by atoms with Crippen LogP contribution in [0.3, 0.4) is 0 Å². The van der Waals surface area contributed by atoms with Crippen molar-refractivity contribution in [1.82, 2.24) is 10.3 Å². The first-order valence-electron chi connectivity index (χ1n) is 7.96. The number of nitrogens with zero attached hydrogens (tertiary/aromatic N) is 1. The van der Waals surface area contributed by atoms with E-state index in [1.165, 1.54) is 11.3 Å². The first kappa shape index (κ1) is 7.41. The van der Waals surface area contributed by atoms with Crippen LogP contribution in [0.5, 0.6) is 0 Å². The summed E-state index contributed by atoms with van der Waals surface area (Å²) in [5.41, 5.74) is 6.53. The summed E-state index contributed by atoms with van der Waals surface area (Å²) in [6, 6.07) is -0.343. The monoisotopic (exact) mass is 290 g/mol. The molecule has 6 heteroatoms. The van der Waals surface area contributed by atoms with Gasteiger partial charge in [0.2, 0.25) is 0 Å². The van der Waals surface area contributed by atoms with E-state index in [4.69, 9.17) is 15.3 Å². The van der Waals surface area contributed by atoms with Crippen molar-refractivity contribution in [2.75, 3.05) is 12.2 Å². The summed E-state index contributed by atoms with van der Waals surface area (Å²) in [6.45, 7) is -5.70. The molecule has 16 heavy (non-hydrogen) atoms. The number of rotatable bonds is 3. The van der Waals surface area contributed by atoms with Crippen molar-refractivity contribution in [2.24, 2.45) is 0 Å². The number of nitrogen functional groups attached to an aromatic ring is 1. The molecular formula is C10H19Cl2N3S. The SMILES string of the molecule is Cl.Cl.[2H]C([2H])([2H])C([2H])([2H])C([2H])([2H])N[C@@H]1CCc2nc(N)sc2C1. The second kappa shape index (κ2) is 7.33. The van der Waals surface area contributed by atoms with Gasteiger partial charge in [-0.1, -0.05) is 6.85 Å². The number of halogens is 2. The molecule has 1 aliphatic carbocycles. The van der Waals surface area contributed by atoms with Crippen LogP contribution in [0, 0.1) is 0 Å². The summed E-state index contributed by atoms with van der Waals surface area (Å²) in [4.78, 5) is 5.13. The summed E-state index contributed by atoms with van der Waals surface area (Å²) in [5.74, 6) is 0. The molecule has 0 saturated carbocycles. The average Bonchev–Trinajstić information content (AvgIpc) is 2.66. The molecule has 1 aliphatic rings. The number of hydrogen-bond donors (Lipinski definition) is 2. The first-order valence-corrected chi connectivity index (χ1v) is 5.27. The van der Waals surface area contributed by atoms with Gasteiger partial charge >= 0.3 is 0 Å². The van der Waals surface area contributed by atoms with Gasteiger partial charge in [0.05, 0.1) is 5.69 Å². The highest BCUT2D eigenvalue weighted by atomic mass is 35.5. The zero-order valence-electron chi connectivity index (χ0n) is 15.4. The summed E-state index contributed by atoms with van der Waals surface area (Å²) < 4.78 is 52.3. The molecule has 0 amide bonds. The van der Waals surface area contributed by atoms with E-state index >= 15 is 0 Å². The number of thiazole rings is 1. The number of aromatic nitrogens is 1. The lowest BCUT2D eigenvalue weighted by molar-refractivity contribution is 0.460. The van der Waals surface area contributed by atoms with Crippen molar-refractivity contribution in [3.8, 4) is 0 Å². The van der Waals surface area contributed by atoms with Crippen molar-refractivity contribution in [2.45, 2.75) is 38.5 Å². The molecule has 0 radical (unpaired) electrons. The smallest absolute Gasteiger partial charge is 0.180 e. The van der Waals surface area contributed by atoms with Gasteiger partial charge in [0.15, 0.2) is 5.13 Å². The molecule has 0 spiro atoms. The van der Waals surface area contributed by atoms with Crippen LogP contribution in [0.25, 0.3) is 0 Å². The molecule has 1 atom stereocenters. The van der Waals surface area contributed by atoms with Gasteiger partial charge in [-0.2, -0.15) is 0 Å². The molecule has 0 bridgehead atoms. The summed E-state index contributed by atoms with van der Waals surface area (Å²) in [7, 11) is 0. The fraction of sp³-hybridized carbons (Fsp3) is 0.700. The Balaban J connectivity index is 0.00000242. The van der Waals surface area contributed by atoms with E-state index in [0.717, 1.165) is 10.6 Å². The molecule has 1 aromatic rings. The third kappa shape index (κ3) is 3.77. The van der Waals surface area contributed by atoms with E-state index in [-0.39, 0.29) is 30.9 Å². The molecule has 0 saturated heterocycles. The Bertz CT molecular complexity index is 535. The van der Waals surface area contributed by atoms with E-state index in [1.54, 1.807) is 0 Å². The van der Waals surface area contributed by atoms with Crippen LogP contribution in [0.1, 0.15) is 39.8 Å². The Morgan fingerprint density at radius 1 is 1.69 bits per heavy atom. The second-order valence-electron chi connectivity index (χ2n) is 3.26. The molecule has 3 nitrogen and oxygen atoms in total. The lowest BCUT2D eigenvalue weighted by atomic mass is 9.98. The fourth-order valence-corrected chi connectivity index (χ4v) is 2.61. The lowest BCUT2D eigenvalue weighted by Crippen LogP contribution is -2.34. The Morgan fingerprint density at radius 3 is 3.25 bits per heavy atom. The molecule has 0 fully saturated rings. The van der Waals surface area contributed by atoms with Gasteiger partial charge in [0.25, 0.3) is 0 Å². The van der Waals surface area contributed by atoms with Crippen molar-refractivity contribution in [1.29, 1.82) is 0 Å². The minimum atomic E-state index is -3.04. The number of nitrogens with one attached hydrogen (secondary N) is 1. The second-order valence-corrected chi connectivity index (χ2v) is 4.37. The third-order valence-corrected chi connectivity index (χ3v) is 3.24. The highest BCUT2D eigenvalue weighted by Crippen LogP contribution is 2.27. The first-order chi connectivity index (χ1) is 9.44. The highest BCUT2D eigenvalue weighted by Gasteiger charge is 2.21. The standard InChI is InChI=1S/C10H17N3S.2ClH/c1-2-5-12-7-3-4-8-9(6-7)14-10(11)13-8;;/h7,12H,2-6H2,1H3,(H2,11,13);2*1H/t7-;;/m1../s1/i1D3,2D2,5D2;;. The zero-order valence-corrected chi connectivity index (χ0v) is 10.9. The quantitative estimate of drug-likeness (QED) is 0.899. The third-order valence-electron chi connectivity index (χ3n) is 2.29. The van der Waals surface area contributed by atoms with Crippen molar-refractivity contribution >= 4 is 41.3 Å². The number of nitrogens with two attached hydrogens (primary N) is 1. The van der Waals surface area contributed by atoms with E-state index in [0.29, 0.717) is 24.4 Å². The number of hydrogen-bond acceptors (Lipinski definition) is 4.